The van der Waals surface area contributed by atoms with Gasteiger partial charge in [0, 0.05) is 0 Å². The molecule has 0 bridgehead atoms. The molecular formula is C13H18FNO. The third-order valence-electron chi connectivity index (χ3n) is 3.54. The summed E-state index contributed by atoms with van der Waals surface area (Å²) in [7, 11) is 0. The van der Waals surface area contributed by atoms with E-state index in [4.69, 9.17) is 0 Å². The normalized spacial score (nSPS) is 21.7. The second-order valence-corrected chi connectivity index (χ2v) is 4.68. The summed E-state index contributed by atoms with van der Waals surface area (Å²) < 4.78 is 13.1. The Morgan fingerprint density at radius 3 is 2.69 bits per heavy atom. The topological polar surface area (TPSA) is 32.3 Å². The second-order valence-electron chi connectivity index (χ2n) is 4.68. The first kappa shape index (κ1) is 11.6. The Morgan fingerprint density at radius 2 is 2.06 bits per heavy atom. The van der Waals surface area contributed by atoms with Gasteiger partial charge in [0.2, 0.25) is 0 Å². The largest absolute Gasteiger partial charge is 0.385 e. The molecular weight excluding hydrogens is 205 g/mol. The first-order valence-corrected chi connectivity index (χ1v) is 5.80. The van der Waals surface area contributed by atoms with Crippen molar-refractivity contribution >= 4 is 0 Å². The third kappa shape index (κ3) is 2.25. The number of halogens is 1. The zero-order valence-electron chi connectivity index (χ0n) is 9.54. The fraction of sp³-hybridized carbons (Fsp3) is 0.538. The number of nitrogens with one attached hydrogen (secondary N) is 1. The summed E-state index contributed by atoms with van der Waals surface area (Å²) in [6, 6.07) is 6.29. The third-order valence-corrected chi connectivity index (χ3v) is 3.54. The summed E-state index contributed by atoms with van der Waals surface area (Å²) in [5.74, 6) is -0.0812. The van der Waals surface area contributed by atoms with Crippen molar-refractivity contribution in [2.75, 3.05) is 13.1 Å². The van der Waals surface area contributed by atoms with Crippen molar-refractivity contribution in [2.45, 2.75) is 25.4 Å². The molecule has 0 aromatic heterocycles. The van der Waals surface area contributed by atoms with Gasteiger partial charge in [-0.15, -0.1) is 0 Å². The van der Waals surface area contributed by atoms with Gasteiger partial charge in [0.15, 0.2) is 0 Å². The van der Waals surface area contributed by atoms with Crippen LogP contribution in [-0.2, 0) is 5.60 Å². The van der Waals surface area contributed by atoms with Crippen molar-refractivity contribution in [3.05, 3.63) is 35.6 Å². The summed E-state index contributed by atoms with van der Waals surface area (Å²) in [6.07, 6.45) is 1.87. The molecule has 2 nitrogen and oxygen atoms in total. The van der Waals surface area contributed by atoms with E-state index in [9.17, 15) is 9.50 Å². The summed E-state index contributed by atoms with van der Waals surface area (Å²) in [6.45, 7) is 3.64. The molecule has 16 heavy (non-hydrogen) atoms. The van der Waals surface area contributed by atoms with Gasteiger partial charge in [-0.3, -0.25) is 0 Å². The maximum absolute atomic E-state index is 13.1. The number of hydrogen-bond acceptors (Lipinski definition) is 2. The average Bonchev–Trinajstić information content (AvgIpc) is 2.30. The van der Waals surface area contributed by atoms with Crippen LogP contribution >= 0.6 is 0 Å². The molecule has 0 radical (unpaired) electrons. The highest BCUT2D eigenvalue weighted by atomic mass is 19.1. The number of piperidine rings is 1. The molecule has 1 aromatic carbocycles. The van der Waals surface area contributed by atoms with E-state index in [0.717, 1.165) is 25.9 Å². The minimum Gasteiger partial charge on any atom is -0.385 e. The van der Waals surface area contributed by atoms with Gasteiger partial charge >= 0.3 is 0 Å². The lowest BCUT2D eigenvalue weighted by atomic mass is 9.78. The fourth-order valence-electron chi connectivity index (χ4n) is 2.42. The van der Waals surface area contributed by atoms with Gasteiger partial charge in [-0.05, 0) is 56.5 Å². The predicted molar refractivity (Wildman–Crippen MR) is 61.6 cm³/mol. The molecule has 3 heteroatoms. The van der Waals surface area contributed by atoms with Gasteiger partial charge < -0.3 is 10.4 Å². The van der Waals surface area contributed by atoms with Crippen molar-refractivity contribution in [3.63, 3.8) is 0 Å². The maximum atomic E-state index is 13.1. The van der Waals surface area contributed by atoms with E-state index in [-0.39, 0.29) is 11.7 Å². The van der Waals surface area contributed by atoms with Crippen LogP contribution in [0.4, 0.5) is 4.39 Å². The molecule has 1 aliphatic heterocycles. The van der Waals surface area contributed by atoms with Crippen LogP contribution in [0.25, 0.3) is 0 Å². The molecule has 1 saturated heterocycles. The van der Waals surface area contributed by atoms with Crippen LogP contribution in [0.15, 0.2) is 24.3 Å². The quantitative estimate of drug-likeness (QED) is 0.804. The number of benzene rings is 1. The van der Waals surface area contributed by atoms with Crippen molar-refractivity contribution in [1.29, 1.82) is 0 Å². The Bertz CT molecular complexity index is 359. The predicted octanol–water partition coefficient (Wildman–Crippen LogP) is 2.03. The lowest BCUT2D eigenvalue weighted by molar-refractivity contribution is -0.0188. The van der Waals surface area contributed by atoms with Crippen LogP contribution in [0.1, 0.15) is 25.3 Å². The lowest BCUT2D eigenvalue weighted by Gasteiger charge is -2.36. The van der Waals surface area contributed by atoms with E-state index in [1.54, 1.807) is 19.1 Å². The summed E-state index contributed by atoms with van der Waals surface area (Å²) in [5.41, 5.74) is -0.246. The molecule has 0 amide bonds. The van der Waals surface area contributed by atoms with Crippen molar-refractivity contribution in [2.24, 2.45) is 5.92 Å². The van der Waals surface area contributed by atoms with Gasteiger partial charge in [-0.1, -0.05) is 12.1 Å². The van der Waals surface area contributed by atoms with E-state index >= 15 is 0 Å². The van der Waals surface area contributed by atoms with Crippen LogP contribution < -0.4 is 5.32 Å². The van der Waals surface area contributed by atoms with Crippen LogP contribution in [-0.4, -0.2) is 18.2 Å². The first-order chi connectivity index (χ1) is 7.60. The smallest absolute Gasteiger partial charge is 0.123 e. The van der Waals surface area contributed by atoms with Gasteiger partial charge in [-0.25, -0.2) is 4.39 Å². The molecule has 1 aromatic rings. The van der Waals surface area contributed by atoms with Crippen molar-refractivity contribution in [3.8, 4) is 0 Å². The van der Waals surface area contributed by atoms with E-state index in [2.05, 4.69) is 5.32 Å². The van der Waals surface area contributed by atoms with Gasteiger partial charge in [0.1, 0.15) is 5.82 Å². The Balaban J connectivity index is 2.22. The Hall–Kier alpha value is -0.930. The van der Waals surface area contributed by atoms with Crippen LogP contribution in [0.5, 0.6) is 0 Å². The van der Waals surface area contributed by atoms with Crippen LogP contribution in [0.2, 0.25) is 0 Å². The van der Waals surface area contributed by atoms with Crippen molar-refractivity contribution in [1.82, 2.24) is 5.32 Å². The molecule has 1 atom stereocenters. The van der Waals surface area contributed by atoms with Gasteiger partial charge in [0.25, 0.3) is 0 Å². The minimum atomic E-state index is -0.926. The van der Waals surface area contributed by atoms with E-state index in [1.807, 2.05) is 0 Å². The summed E-state index contributed by atoms with van der Waals surface area (Å²) >= 11 is 0. The number of hydrogen-bond donors (Lipinski definition) is 2. The lowest BCUT2D eigenvalue weighted by Crippen LogP contribution is -2.39. The van der Waals surface area contributed by atoms with Crippen LogP contribution in [0.3, 0.4) is 0 Å². The highest BCUT2D eigenvalue weighted by Gasteiger charge is 2.34. The molecule has 2 rings (SSSR count). The highest BCUT2D eigenvalue weighted by molar-refractivity contribution is 5.23. The SMILES string of the molecule is CC(O)(c1cccc(F)c1)C1CCNCC1. The Kier molecular flexibility index (Phi) is 3.26. The van der Waals surface area contributed by atoms with Crippen LogP contribution in [0, 0.1) is 11.7 Å². The molecule has 88 valence electrons. The monoisotopic (exact) mass is 223 g/mol. The van der Waals surface area contributed by atoms with E-state index < -0.39 is 5.60 Å². The van der Waals surface area contributed by atoms with Crippen molar-refractivity contribution < 1.29 is 9.50 Å². The molecule has 0 saturated carbocycles. The molecule has 1 unspecified atom stereocenters. The molecule has 0 spiro atoms. The zero-order chi connectivity index (χ0) is 11.6. The van der Waals surface area contributed by atoms with E-state index in [1.165, 1.54) is 12.1 Å². The molecule has 1 aliphatic rings. The number of rotatable bonds is 2. The zero-order valence-corrected chi connectivity index (χ0v) is 9.54. The molecule has 0 aliphatic carbocycles. The summed E-state index contributed by atoms with van der Waals surface area (Å²) in [4.78, 5) is 0. The highest BCUT2D eigenvalue weighted by Crippen LogP contribution is 2.34. The standard InChI is InChI=1S/C13H18FNO/c1-13(16,10-5-7-15-8-6-10)11-3-2-4-12(14)9-11/h2-4,9-10,15-16H,5-8H2,1H3. The van der Waals surface area contributed by atoms with Gasteiger partial charge in [0.05, 0.1) is 5.60 Å². The molecule has 2 N–H and O–H groups in total. The Labute approximate surface area is 95.5 Å². The maximum Gasteiger partial charge on any atom is 0.123 e. The fourth-order valence-corrected chi connectivity index (χ4v) is 2.42. The minimum absolute atomic E-state index is 0.204. The summed E-state index contributed by atoms with van der Waals surface area (Å²) in [5, 5.41) is 13.8. The second kappa shape index (κ2) is 4.52. The number of aliphatic hydroxyl groups is 1. The molecule has 1 fully saturated rings. The average molecular weight is 223 g/mol. The van der Waals surface area contributed by atoms with E-state index in [0.29, 0.717) is 5.56 Å². The Morgan fingerprint density at radius 1 is 1.38 bits per heavy atom. The first-order valence-electron chi connectivity index (χ1n) is 5.80. The molecule has 1 heterocycles. The van der Waals surface area contributed by atoms with Gasteiger partial charge in [-0.2, -0.15) is 0 Å².